The molecule has 1 aliphatic rings. The van der Waals surface area contributed by atoms with Crippen molar-refractivity contribution < 1.29 is 19.1 Å². The summed E-state index contributed by atoms with van der Waals surface area (Å²) in [5.41, 5.74) is 3.45. The lowest BCUT2D eigenvalue weighted by molar-refractivity contribution is -0.144. The van der Waals surface area contributed by atoms with E-state index >= 15 is 0 Å². The highest BCUT2D eigenvalue weighted by Gasteiger charge is 2.16. The lowest BCUT2D eigenvalue weighted by Gasteiger charge is -2.19. The van der Waals surface area contributed by atoms with Crippen LogP contribution in [0.1, 0.15) is 30.9 Å². The Labute approximate surface area is 182 Å². The Hall–Kier alpha value is -3.61. The van der Waals surface area contributed by atoms with E-state index in [0.717, 1.165) is 29.9 Å². The van der Waals surface area contributed by atoms with Crippen LogP contribution in [0.15, 0.2) is 54.2 Å². The summed E-state index contributed by atoms with van der Waals surface area (Å²) < 4.78 is 5.11. The number of nitrogens with zero attached hydrogens (tertiary/aromatic N) is 1. The minimum absolute atomic E-state index is 0.0300. The van der Waals surface area contributed by atoms with E-state index in [1.807, 2.05) is 43.3 Å². The third-order valence-corrected chi connectivity index (χ3v) is 4.93. The van der Waals surface area contributed by atoms with Crippen molar-refractivity contribution >= 4 is 35.2 Å². The first-order chi connectivity index (χ1) is 14.9. The molecule has 2 amide bonds. The van der Waals surface area contributed by atoms with Gasteiger partial charge in [-0.2, -0.15) is 0 Å². The Morgan fingerprint density at radius 1 is 1.06 bits per heavy atom. The first-order valence-corrected chi connectivity index (χ1v) is 10.3. The van der Waals surface area contributed by atoms with Crippen LogP contribution < -0.4 is 15.5 Å². The van der Waals surface area contributed by atoms with Crippen molar-refractivity contribution in [3.05, 3.63) is 65.4 Å². The topological polar surface area (TPSA) is 87.7 Å². The van der Waals surface area contributed by atoms with Gasteiger partial charge in [-0.1, -0.05) is 30.3 Å². The summed E-state index contributed by atoms with van der Waals surface area (Å²) in [5, 5.41) is 5.23. The molecule has 0 atom stereocenters. The number of aryl methyl sites for hydroxylation is 1. The van der Waals surface area contributed by atoms with Crippen LogP contribution in [0.25, 0.3) is 6.08 Å². The molecular formula is C24H27N3O4. The van der Waals surface area contributed by atoms with Crippen molar-refractivity contribution in [3.8, 4) is 0 Å². The normalized spacial score (nSPS) is 13.6. The van der Waals surface area contributed by atoms with Gasteiger partial charge in [0.2, 0.25) is 5.91 Å². The van der Waals surface area contributed by atoms with Crippen molar-refractivity contribution in [2.75, 3.05) is 29.9 Å². The van der Waals surface area contributed by atoms with Crippen LogP contribution in [-0.2, 0) is 19.1 Å². The maximum absolute atomic E-state index is 12.4. The van der Waals surface area contributed by atoms with Gasteiger partial charge in [0.1, 0.15) is 5.70 Å². The standard InChI is InChI=1S/C24H27N3O4/c1-17-14-20(27-12-6-7-13-27)10-11-21(17)26-23(29)16-31-24(30)22(25-18(2)28)15-19-8-4-3-5-9-19/h3-5,8-11,14-15H,6-7,12-13,16H2,1-2H3,(H,25,28)(H,26,29)/b22-15-. The summed E-state index contributed by atoms with van der Waals surface area (Å²) in [7, 11) is 0. The quantitative estimate of drug-likeness (QED) is 0.529. The van der Waals surface area contributed by atoms with E-state index in [9.17, 15) is 14.4 Å². The fraction of sp³-hybridized carbons (Fsp3) is 0.292. The number of rotatable bonds is 7. The zero-order valence-corrected chi connectivity index (χ0v) is 17.8. The second-order valence-electron chi connectivity index (χ2n) is 7.47. The highest BCUT2D eigenvalue weighted by molar-refractivity contribution is 5.99. The van der Waals surface area contributed by atoms with Crippen molar-refractivity contribution in [2.24, 2.45) is 0 Å². The van der Waals surface area contributed by atoms with E-state index in [4.69, 9.17) is 4.74 Å². The van der Waals surface area contributed by atoms with Gasteiger partial charge in [-0.05, 0) is 55.2 Å². The van der Waals surface area contributed by atoms with Crippen molar-refractivity contribution in [2.45, 2.75) is 26.7 Å². The molecule has 162 valence electrons. The SMILES string of the molecule is CC(=O)N/C(=C\c1ccccc1)C(=O)OCC(=O)Nc1ccc(N2CCCC2)cc1C. The highest BCUT2D eigenvalue weighted by Crippen LogP contribution is 2.25. The summed E-state index contributed by atoms with van der Waals surface area (Å²) in [6.45, 7) is 4.87. The van der Waals surface area contributed by atoms with Crippen LogP contribution in [0.3, 0.4) is 0 Å². The first kappa shape index (κ1) is 22.1. The molecule has 2 aromatic rings. The van der Waals surface area contributed by atoms with Crippen LogP contribution in [0.4, 0.5) is 11.4 Å². The fourth-order valence-corrected chi connectivity index (χ4v) is 3.41. The lowest BCUT2D eigenvalue weighted by atomic mass is 10.1. The Morgan fingerprint density at radius 2 is 1.77 bits per heavy atom. The number of nitrogens with one attached hydrogen (secondary N) is 2. The van der Waals surface area contributed by atoms with Gasteiger partial charge >= 0.3 is 5.97 Å². The van der Waals surface area contributed by atoms with Crippen LogP contribution in [0.2, 0.25) is 0 Å². The summed E-state index contributed by atoms with van der Waals surface area (Å²) in [5.74, 6) is -1.64. The maximum Gasteiger partial charge on any atom is 0.355 e. The summed E-state index contributed by atoms with van der Waals surface area (Å²) >= 11 is 0. The maximum atomic E-state index is 12.4. The summed E-state index contributed by atoms with van der Waals surface area (Å²) in [6, 6.07) is 14.9. The van der Waals surface area contributed by atoms with E-state index in [-0.39, 0.29) is 5.70 Å². The Kier molecular flexibility index (Phi) is 7.43. The molecule has 3 rings (SSSR count). The number of hydrogen-bond donors (Lipinski definition) is 2. The van der Waals surface area contributed by atoms with Crippen molar-refractivity contribution in [3.63, 3.8) is 0 Å². The molecular weight excluding hydrogens is 394 g/mol. The molecule has 1 fully saturated rings. The minimum atomic E-state index is -0.782. The van der Waals surface area contributed by atoms with E-state index < -0.39 is 24.4 Å². The van der Waals surface area contributed by atoms with Crippen LogP contribution >= 0.6 is 0 Å². The van der Waals surface area contributed by atoms with Crippen LogP contribution in [0.5, 0.6) is 0 Å². The fourth-order valence-electron chi connectivity index (χ4n) is 3.41. The predicted octanol–water partition coefficient (Wildman–Crippen LogP) is 3.25. The molecule has 0 radical (unpaired) electrons. The highest BCUT2D eigenvalue weighted by atomic mass is 16.5. The van der Waals surface area contributed by atoms with E-state index in [1.54, 1.807) is 12.1 Å². The lowest BCUT2D eigenvalue weighted by Crippen LogP contribution is -2.29. The molecule has 2 N–H and O–H groups in total. The number of hydrogen-bond acceptors (Lipinski definition) is 5. The number of benzene rings is 2. The number of anilines is 2. The van der Waals surface area contributed by atoms with E-state index in [2.05, 4.69) is 15.5 Å². The number of carbonyl (C=O) groups is 3. The minimum Gasteiger partial charge on any atom is -0.451 e. The molecule has 7 heteroatoms. The molecule has 0 aliphatic carbocycles. The summed E-state index contributed by atoms with van der Waals surface area (Å²) in [4.78, 5) is 38.5. The van der Waals surface area contributed by atoms with Gasteiger partial charge in [0.15, 0.2) is 6.61 Å². The predicted molar refractivity (Wildman–Crippen MR) is 120 cm³/mol. The van der Waals surface area contributed by atoms with Gasteiger partial charge in [0, 0.05) is 31.4 Å². The van der Waals surface area contributed by atoms with Gasteiger partial charge in [-0.3, -0.25) is 9.59 Å². The zero-order valence-electron chi connectivity index (χ0n) is 17.8. The Balaban J connectivity index is 1.59. The molecule has 1 saturated heterocycles. The zero-order chi connectivity index (χ0) is 22.2. The Morgan fingerprint density at radius 3 is 2.42 bits per heavy atom. The smallest absolute Gasteiger partial charge is 0.355 e. The molecule has 0 bridgehead atoms. The third-order valence-electron chi connectivity index (χ3n) is 4.93. The molecule has 31 heavy (non-hydrogen) atoms. The molecule has 1 heterocycles. The largest absolute Gasteiger partial charge is 0.451 e. The second-order valence-corrected chi connectivity index (χ2v) is 7.47. The number of carbonyl (C=O) groups excluding carboxylic acids is 3. The number of ether oxygens (including phenoxy) is 1. The van der Waals surface area contributed by atoms with Gasteiger partial charge in [0.05, 0.1) is 0 Å². The average Bonchev–Trinajstić information content (AvgIpc) is 3.28. The van der Waals surface area contributed by atoms with Crippen molar-refractivity contribution in [1.29, 1.82) is 0 Å². The molecule has 1 aliphatic heterocycles. The molecule has 0 unspecified atom stereocenters. The Bertz CT molecular complexity index is 980. The van der Waals surface area contributed by atoms with Crippen molar-refractivity contribution in [1.82, 2.24) is 5.32 Å². The number of amides is 2. The van der Waals surface area contributed by atoms with Crippen LogP contribution in [-0.4, -0.2) is 37.5 Å². The molecule has 7 nitrogen and oxygen atoms in total. The van der Waals surface area contributed by atoms with Gasteiger partial charge in [-0.15, -0.1) is 0 Å². The van der Waals surface area contributed by atoms with Crippen LogP contribution in [0, 0.1) is 6.92 Å². The molecule has 2 aromatic carbocycles. The molecule has 0 saturated carbocycles. The number of esters is 1. The third kappa shape index (κ3) is 6.44. The van der Waals surface area contributed by atoms with E-state index in [0.29, 0.717) is 5.69 Å². The first-order valence-electron chi connectivity index (χ1n) is 10.3. The van der Waals surface area contributed by atoms with Gasteiger partial charge in [-0.25, -0.2) is 4.79 Å². The van der Waals surface area contributed by atoms with Gasteiger partial charge < -0.3 is 20.3 Å². The summed E-state index contributed by atoms with van der Waals surface area (Å²) in [6.07, 6.45) is 3.90. The molecule has 0 aromatic heterocycles. The van der Waals surface area contributed by atoms with Gasteiger partial charge in [0.25, 0.3) is 5.91 Å². The second kappa shape index (κ2) is 10.4. The van der Waals surface area contributed by atoms with E-state index in [1.165, 1.54) is 25.8 Å². The molecule has 0 spiro atoms. The monoisotopic (exact) mass is 421 g/mol. The average molecular weight is 421 g/mol.